The van der Waals surface area contributed by atoms with Gasteiger partial charge in [0.25, 0.3) is 5.91 Å². The molecule has 7 nitrogen and oxygen atoms in total. The molecule has 1 aromatic carbocycles. The molecule has 0 aromatic heterocycles. The van der Waals surface area contributed by atoms with Crippen LogP contribution in [0, 0.1) is 10.8 Å². The smallest absolute Gasteiger partial charge is 0.338 e. The number of halogens is 1. The zero-order chi connectivity index (χ0) is 24.7. The van der Waals surface area contributed by atoms with E-state index in [9.17, 15) is 18.0 Å². The molecule has 2 saturated heterocycles. The molecule has 9 heteroatoms. The van der Waals surface area contributed by atoms with Gasteiger partial charge in [0.2, 0.25) is 10.0 Å². The second kappa shape index (κ2) is 9.43. The SMILES string of the molecule is CC1(C)C[C@H]2C[C@@](C)(CN2C(=O)COC(=O)c2ccc(Cl)c(S(=O)(=O)N3CCCCCC3)c2)C1. The van der Waals surface area contributed by atoms with Crippen LogP contribution in [0.1, 0.15) is 76.1 Å². The molecule has 1 aromatic rings. The van der Waals surface area contributed by atoms with Crippen molar-refractivity contribution < 1.29 is 22.7 Å². The quantitative estimate of drug-likeness (QED) is 0.545. The molecule has 0 spiro atoms. The summed E-state index contributed by atoms with van der Waals surface area (Å²) in [6, 6.07) is 4.27. The number of carbonyl (C=O) groups is 2. The molecule has 3 aliphatic rings. The van der Waals surface area contributed by atoms with Crippen LogP contribution in [-0.4, -0.2) is 61.8 Å². The first-order valence-electron chi connectivity index (χ1n) is 12.2. The van der Waals surface area contributed by atoms with Crippen molar-refractivity contribution in [1.29, 1.82) is 0 Å². The Labute approximate surface area is 207 Å². The van der Waals surface area contributed by atoms with E-state index in [0.29, 0.717) is 19.6 Å². The van der Waals surface area contributed by atoms with E-state index in [0.717, 1.165) is 44.9 Å². The van der Waals surface area contributed by atoms with Gasteiger partial charge in [-0.2, -0.15) is 4.31 Å². The lowest BCUT2D eigenvalue weighted by atomic mass is 9.65. The van der Waals surface area contributed by atoms with E-state index in [4.69, 9.17) is 16.3 Å². The molecule has 2 atom stereocenters. The lowest BCUT2D eigenvalue weighted by Crippen LogP contribution is -2.39. The molecule has 0 unspecified atom stereocenters. The fraction of sp³-hybridized carbons (Fsp3) is 0.680. The van der Waals surface area contributed by atoms with Gasteiger partial charge in [-0.1, -0.05) is 45.2 Å². The van der Waals surface area contributed by atoms with E-state index in [1.54, 1.807) is 0 Å². The van der Waals surface area contributed by atoms with E-state index in [-0.39, 0.29) is 44.9 Å². The molecule has 0 radical (unpaired) electrons. The maximum Gasteiger partial charge on any atom is 0.338 e. The van der Waals surface area contributed by atoms with Crippen LogP contribution in [0.3, 0.4) is 0 Å². The van der Waals surface area contributed by atoms with Crippen LogP contribution in [0.5, 0.6) is 0 Å². The molecule has 34 heavy (non-hydrogen) atoms. The van der Waals surface area contributed by atoms with Crippen molar-refractivity contribution >= 4 is 33.5 Å². The average molecular weight is 511 g/mol. The lowest BCUT2D eigenvalue weighted by molar-refractivity contribution is -0.135. The van der Waals surface area contributed by atoms with Crippen LogP contribution in [-0.2, 0) is 19.6 Å². The number of carbonyl (C=O) groups excluding carboxylic acids is 2. The summed E-state index contributed by atoms with van der Waals surface area (Å²) in [6.07, 6.45) is 6.58. The summed E-state index contributed by atoms with van der Waals surface area (Å²) in [7, 11) is -3.83. The number of hydrogen-bond donors (Lipinski definition) is 0. The molecule has 3 fully saturated rings. The number of fused-ring (bicyclic) bond motifs is 2. The Kier molecular flexibility index (Phi) is 7.06. The first-order chi connectivity index (χ1) is 15.9. The van der Waals surface area contributed by atoms with Gasteiger partial charge in [-0.3, -0.25) is 4.79 Å². The summed E-state index contributed by atoms with van der Waals surface area (Å²) in [4.78, 5) is 27.4. The zero-order valence-corrected chi connectivity index (χ0v) is 21.9. The highest BCUT2D eigenvalue weighted by molar-refractivity contribution is 7.89. The van der Waals surface area contributed by atoms with Gasteiger partial charge in [-0.05, 0) is 61.1 Å². The number of sulfonamides is 1. The number of rotatable bonds is 5. The highest BCUT2D eigenvalue weighted by Gasteiger charge is 2.51. The molecule has 2 aliphatic heterocycles. The molecule has 1 saturated carbocycles. The number of ether oxygens (including phenoxy) is 1. The van der Waals surface area contributed by atoms with Crippen molar-refractivity contribution in [2.45, 2.75) is 76.7 Å². The first kappa shape index (κ1) is 25.5. The maximum atomic E-state index is 13.2. The predicted octanol–water partition coefficient (Wildman–Crippen LogP) is 4.49. The molecule has 2 heterocycles. The summed E-state index contributed by atoms with van der Waals surface area (Å²) in [5.41, 5.74) is 0.347. The van der Waals surface area contributed by atoms with Crippen molar-refractivity contribution in [2.75, 3.05) is 26.2 Å². The zero-order valence-electron chi connectivity index (χ0n) is 20.3. The molecule has 1 amide bonds. The van der Waals surface area contributed by atoms with Crippen LogP contribution in [0.25, 0.3) is 0 Å². The van der Waals surface area contributed by atoms with E-state index < -0.39 is 16.0 Å². The van der Waals surface area contributed by atoms with E-state index >= 15 is 0 Å². The fourth-order valence-electron chi connectivity index (χ4n) is 6.29. The minimum absolute atomic E-state index is 0.0667. The molecule has 188 valence electrons. The third-order valence-electron chi connectivity index (χ3n) is 7.41. The van der Waals surface area contributed by atoms with Crippen molar-refractivity contribution in [3.05, 3.63) is 28.8 Å². The van der Waals surface area contributed by atoms with E-state index in [1.807, 2.05) is 4.90 Å². The normalized spacial score (nSPS) is 27.3. The second-order valence-corrected chi connectivity index (χ2v) is 13.6. The highest BCUT2D eigenvalue weighted by atomic mass is 35.5. The van der Waals surface area contributed by atoms with Crippen LogP contribution < -0.4 is 0 Å². The summed E-state index contributed by atoms with van der Waals surface area (Å²) in [5, 5.41) is 0.0667. The number of benzene rings is 1. The Morgan fingerprint density at radius 2 is 1.76 bits per heavy atom. The van der Waals surface area contributed by atoms with Gasteiger partial charge in [0, 0.05) is 25.7 Å². The van der Waals surface area contributed by atoms with Crippen molar-refractivity contribution in [2.24, 2.45) is 10.8 Å². The standard InChI is InChI=1S/C25H35ClN2O5S/c1-24(2)13-19-14-25(3,16-24)17-28(19)22(29)15-33-23(30)18-8-9-20(26)21(12-18)34(31,32)27-10-6-4-5-7-11-27/h8-9,12,19H,4-7,10-11,13-17H2,1-3H3/t19-,25+/m0/s1. The summed E-state index contributed by atoms with van der Waals surface area (Å²) in [5.74, 6) is -0.933. The Bertz CT molecular complexity index is 1070. The molecule has 4 rings (SSSR count). The van der Waals surface area contributed by atoms with Crippen LogP contribution in [0.2, 0.25) is 5.02 Å². The number of hydrogen-bond acceptors (Lipinski definition) is 5. The first-order valence-corrected chi connectivity index (χ1v) is 14.0. The molecular weight excluding hydrogens is 476 g/mol. The topological polar surface area (TPSA) is 84.0 Å². The van der Waals surface area contributed by atoms with Crippen LogP contribution in [0.4, 0.5) is 0 Å². The lowest BCUT2D eigenvalue weighted by Gasteiger charge is -2.39. The van der Waals surface area contributed by atoms with Gasteiger partial charge < -0.3 is 9.64 Å². The Balaban J connectivity index is 1.43. The maximum absolute atomic E-state index is 13.2. The van der Waals surface area contributed by atoms with Gasteiger partial charge in [0.05, 0.1) is 10.6 Å². The number of likely N-dealkylation sites (tertiary alicyclic amines) is 1. The van der Waals surface area contributed by atoms with E-state index in [2.05, 4.69) is 20.8 Å². The number of esters is 1. The third-order valence-corrected chi connectivity index (χ3v) is 9.79. The molecule has 2 bridgehead atoms. The highest BCUT2D eigenvalue weighted by Crippen LogP contribution is 2.52. The monoisotopic (exact) mass is 510 g/mol. The minimum Gasteiger partial charge on any atom is -0.452 e. The summed E-state index contributed by atoms with van der Waals surface area (Å²) >= 11 is 6.23. The fourth-order valence-corrected chi connectivity index (χ4v) is 8.31. The van der Waals surface area contributed by atoms with Crippen molar-refractivity contribution in [1.82, 2.24) is 9.21 Å². The largest absolute Gasteiger partial charge is 0.452 e. The van der Waals surface area contributed by atoms with Gasteiger partial charge >= 0.3 is 5.97 Å². The Morgan fingerprint density at radius 3 is 2.44 bits per heavy atom. The molecular formula is C25H35ClN2O5S. The van der Waals surface area contributed by atoms with Crippen molar-refractivity contribution in [3.8, 4) is 0 Å². The van der Waals surface area contributed by atoms with Gasteiger partial charge in [-0.25, -0.2) is 13.2 Å². The Hall–Kier alpha value is -1.64. The van der Waals surface area contributed by atoms with Gasteiger partial charge in [0.15, 0.2) is 6.61 Å². The molecule has 1 aliphatic carbocycles. The predicted molar refractivity (Wildman–Crippen MR) is 130 cm³/mol. The van der Waals surface area contributed by atoms with Gasteiger partial charge in [-0.15, -0.1) is 0 Å². The van der Waals surface area contributed by atoms with Crippen LogP contribution >= 0.6 is 11.6 Å². The Morgan fingerprint density at radius 1 is 1.09 bits per heavy atom. The second-order valence-electron chi connectivity index (χ2n) is 11.3. The third kappa shape index (κ3) is 5.29. The number of amides is 1. The summed E-state index contributed by atoms with van der Waals surface area (Å²) in [6.45, 7) is 7.90. The van der Waals surface area contributed by atoms with Gasteiger partial charge in [0.1, 0.15) is 4.90 Å². The van der Waals surface area contributed by atoms with E-state index in [1.165, 1.54) is 22.5 Å². The number of nitrogens with zero attached hydrogens (tertiary/aromatic N) is 2. The molecule has 0 N–H and O–H groups in total. The van der Waals surface area contributed by atoms with Crippen LogP contribution in [0.15, 0.2) is 23.1 Å². The average Bonchev–Trinajstić information content (AvgIpc) is 2.92. The summed E-state index contributed by atoms with van der Waals surface area (Å²) < 4.78 is 33.2. The minimum atomic E-state index is -3.83. The van der Waals surface area contributed by atoms with Crippen molar-refractivity contribution in [3.63, 3.8) is 0 Å².